The Kier molecular flexibility index (Phi) is 4.28. The Labute approximate surface area is 111 Å². The van der Waals surface area contributed by atoms with Gasteiger partial charge in [0.1, 0.15) is 5.82 Å². The van der Waals surface area contributed by atoms with Crippen molar-refractivity contribution in [2.75, 3.05) is 0 Å². The van der Waals surface area contributed by atoms with Crippen LogP contribution in [0.4, 0.5) is 4.39 Å². The van der Waals surface area contributed by atoms with Crippen LogP contribution in [0.15, 0.2) is 42.7 Å². The first-order valence-electron chi connectivity index (χ1n) is 5.74. The topological polar surface area (TPSA) is 24.9 Å². The molecule has 1 aromatic carbocycles. The summed E-state index contributed by atoms with van der Waals surface area (Å²) in [7, 11) is 0. The molecule has 2 rings (SSSR count). The molecular weight excluding hydrogens is 251 g/mol. The van der Waals surface area contributed by atoms with Gasteiger partial charge in [-0.3, -0.25) is 4.98 Å². The van der Waals surface area contributed by atoms with Gasteiger partial charge in [-0.25, -0.2) is 4.39 Å². The quantitative estimate of drug-likeness (QED) is 0.910. The smallest absolute Gasteiger partial charge is 0.142 e. The largest absolute Gasteiger partial charge is 0.306 e. The van der Waals surface area contributed by atoms with Gasteiger partial charge in [0.05, 0.1) is 5.02 Å². The molecule has 94 valence electrons. The standard InChI is InChI=1S/C14H14ClFN2/c1-10(12-4-6-17-7-5-12)18-9-11-2-3-13(15)14(16)8-11/h2-8,10,18H,9H2,1H3/t10-/m1/s1. The summed E-state index contributed by atoms with van der Waals surface area (Å²) in [5.74, 6) is -0.382. The van der Waals surface area contributed by atoms with Crippen LogP contribution in [0.25, 0.3) is 0 Å². The number of hydrogen-bond donors (Lipinski definition) is 1. The van der Waals surface area contributed by atoms with Gasteiger partial charge in [-0.1, -0.05) is 17.7 Å². The second kappa shape index (κ2) is 5.94. The van der Waals surface area contributed by atoms with Crippen molar-refractivity contribution in [2.45, 2.75) is 19.5 Å². The van der Waals surface area contributed by atoms with Gasteiger partial charge in [-0.05, 0) is 42.3 Å². The molecule has 0 unspecified atom stereocenters. The lowest BCUT2D eigenvalue weighted by molar-refractivity contribution is 0.569. The lowest BCUT2D eigenvalue weighted by Gasteiger charge is -2.14. The SMILES string of the molecule is C[C@@H](NCc1ccc(Cl)c(F)c1)c1ccncc1. The second-order valence-electron chi connectivity index (χ2n) is 4.13. The van der Waals surface area contributed by atoms with E-state index in [1.165, 1.54) is 6.07 Å². The molecule has 1 aromatic heterocycles. The van der Waals surface area contributed by atoms with Crippen molar-refractivity contribution in [2.24, 2.45) is 0 Å². The first-order chi connectivity index (χ1) is 8.66. The molecule has 0 spiro atoms. The van der Waals surface area contributed by atoms with Crippen LogP contribution in [0, 0.1) is 5.82 Å². The molecule has 4 heteroatoms. The van der Waals surface area contributed by atoms with E-state index in [0.717, 1.165) is 11.1 Å². The summed E-state index contributed by atoms with van der Waals surface area (Å²) in [6, 6.07) is 8.95. The third kappa shape index (κ3) is 3.28. The molecule has 2 nitrogen and oxygen atoms in total. The molecule has 0 saturated carbocycles. The van der Waals surface area contributed by atoms with Crippen LogP contribution in [-0.2, 0) is 6.54 Å². The van der Waals surface area contributed by atoms with Crippen LogP contribution in [0.3, 0.4) is 0 Å². The van der Waals surface area contributed by atoms with Gasteiger partial charge in [0.2, 0.25) is 0 Å². The third-order valence-corrected chi connectivity index (χ3v) is 3.11. The van der Waals surface area contributed by atoms with E-state index in [1.807, 2.05) is 18.2 Å². The van der Waals surface area contributed by atoms with Crippen molar-refractivity contribution < 1.29 is 4.39 Å². The van der Waals surface area contributed by atoms with Crippen LogP contribution >= 0.6 is 11.6 Å². The molecule has 1 heterocycles. The van der Waals surface area contributed by atoms with Crippen molar-refractivity contribution in [3.05, 3.63) is 64.7 Å². The molecule has 0 aliphatic heterocycles. The van der Waals surface area contributed by atoms with Gasteiger partial charge in [0.25, 0.3) is 0 Å². The highest BCUT2D eigenvalue weighted by Gasteiger charge is 2.05. The molecule has 0 bridgehead atoms. The maximum absolute atomic E-state index is 13.3. The molecule has 0 fully saturated rings. The Hall–Kier alpha value is -1.45. The number of benzene rings is 1. The summed E-state index contributed by atoms with van der Waals surface area (Å²) in [6.45, 7) is 2.65. The van der Waals surface area contributed by atoms with Crippen molar-refractivity contribution in [3.63, 3.8) is 0 Å². The fourth-order valence-electron chi connectivity index (χ4n) is 1.69. The number of rotatable bonds is 4. The fraction of sp³-hybridized carbons (Fsp3) is 0.214. The summed E-state index contributed by atoms with van der Waals surface area (Å²) in [6.07, 6.45) is 3.52. The van der Waals surface area contributed by atoms with E-state index in [9.17, 15) is 4.39 Å². The third-order valence-electron chi connectivity index (χ3n) is 2.80. The van der Waals surface area contributed by atoms with E-state index in [2.05, 4.69) is 17.2 Å². The van der Waals surface area contributed by atoms with Crippen molar-refractivity contribution in [1.82, 2.24) is 10.3 Å². The monoisotopic (exact) mass is 264 g/mol. The number of nitrogens with one attached hydrogen (secondary N) is 1. The molecule has 0 radical (unpaired) electrons. The summed E-state index contributed by atoms with van der Waals surface area (Å²) in [5.41, 5.74) is 2.03. The van der Waals surface area contributed by atoms with E-state index in [-0.39, 0.29) is 16.9 Å². The average molecular weight is 265 g/mol. The Morgan fingerprint density at radius 1 is 1.28 bits per heavy atom. The number of halogens is 2. The lowest BCUT2D eigenvalue weighted by Crippen LogP contribution is -2.18. The summed E-state index contributed by atoms with van der Waals surface area (Å²) in [5, 5.41) is 3.48. The summed E-state index contributed by atoms with van der Waals surface area (Å²) in [4.78, 5) is 3.98. The van der Waals surface area contributed by atoms with Crippen LogP contribution in [0.2, 0.25) is 5.02 Å². The minimum Gasteiger partial charge on any atom is -0.306 e. The second-order valence-corrected chi connectivity index (χ2v) is 4.54. The van der Waals surface area contributed by atoms with Crippen LogP contribution in [0.5, 0.6) is 0 Å². The predicted octanol–water partition coefficient (Wildman–Crippen LogP) is 3.72. The molecule has 0 aliphatic carbocycles. The van der Waals surface area contributed by atoms with Gasteiger partial charge in [-0.2, -0.15) is 0 Å². The highest BCUT2D eigenvalue weighted by molar-refractivity contribution is 6.30. The van der Waals surface area contributed by atoms with E-state index in [1.54, 1.807) is 18.5 Å². The highest BCUT2D eigenvalue weighted by atomic mass is 35.5. The van der Waals surface area contributed by atoms with Gasteiger partial charge < -0.3 is 5.32 Å². The molecule has 0 amide bonds. The van der Waals surface area contributed by atoms with E-state index in [4.69, 9.17) is 11.6 Å². The first-order valence-corrected chi connectivity index (χ1v) is 6.12. The van der Waals surface area contributed by atoms with Crippen LogP contribution in [-0.4, -0.2) is 4.98 Å². The normalized spacial score (nSPS) is 12.4. The Balaban J connectivity index is 1.97. The minimum absolute atomic E-state index is 0.154. The summed E-state index contributed by atoms with van der Waals surface area (Å²) >= 11 is 5.64. The van der Waals surface area contributed by atoms with Crippen molar-refractivity contribution >= 4 is 11.6 Å². The minimum atomic E-state index is -0.382. The first kappa shape index (κ1) is 13.0. The lowest BCUT2D eigenvalue weighted by atomic mass is 10.1. The van der Waals surface area contributed by atoms with Crippen molar-refractivity contribution in [1.29, 1.82) is 0 Å². The predicted molar refractivity (Wildman–Crippen MR) is 70.9 cm³/mol. The zero-order valence-electron chi connectivity index (χ0n) is 10.0. The zero-order chi connectivity index (χ0) is 13.0. The molecule has 18 heavy (non-hydrogen) atoms. The molecule has 1 N–H and O–H groups in total. The molecular formula is C14H14ClFN2. The van der Waals surface area contributed by atoms with Gasteiger partial charge in [0, 0.05) is 25.0 Å². The van der Waals surface area contributed by atoms with E-state index >= 15 is 0 Å². The highest BCUT2D eigenvalue weighted by Crippen LogP contribution is 2.16. The maximum atomic E-state index is 13.3. The van der Waals surface area contributed by atoms with E-state index < -0.39 is 0 Å². The zero-order valence-corrected chi connectivity index (χ0v) is 10.8. The number of hydrogen-bond acceptors (Lipinski definition) is 2. The average Bonchev–Trinajstić information content (AvgIpc) is 2.41. The van der Waals surface area contributed by atoms with Gasteiger partial charge >= 0.3 is 0 Å². The molecule has 0 aliphatic rings. The van der Waals surface area contributed by atoms with Gasteiger partial charge in [-0.15, -0.1) is 0 Å². The number of pyridine rings is 1. The maximum Gasteiger partial charge on any atom is 0.142 e. The van der Waals surface area contributed by atoms with Gasteiger partial charge in [0.15, 0.2) is 0 Å². The summed E-state index contributed by atoms with van der Waals surface area (Å²) < 4.78 is 13.3. The Bertz CT molecular complexity index is 516. The van der Waals surface area contributed by atoms with Crippen molar-refractivity contribution in [3.8, 4) is 0 Å². The molecule has 1 atom stereocenters. The van der Waals surface area contributed by atoms with E-state index in [0.29, 0.717) is 6.54 Å². The molecule has 0 saturated heterocycles. The van der Waals surface area contributed by atoms with Crippen LogP contribution in [0.1, 0.15) is 24.1 Å². The number of aromatic nitrogens is 1. The Morgan fingerprint density at radius 2 is 2.00 bits per heavy atom. The van der Waals surface area contributed by atoms with Crippen LogP contribution < -0.4 is 5.32 Å². The fourth-order valence-corrected chi connectivity index (χ4v) is 1.81. The number of nitrogens with zero attached hydrogens (tertiary/aromatic N) is 1. The Morgan fingerprint density at radius 3 is 2.67 bits per heavy atom. The molecule has 2 aromatic rings.